The first kappa shape index (κ1) is 24.6. The van der Waals surface area contributed by atoms with Crippen molar-refractivity contribution in [3.63, 3.8) is 0 Å². The van der Waals surface area contributed by atoms with Crippen LogP contribution in [0.4, 0.5) is 0 Å². The van der Waals surface area contributed by atoms with E-state index in [0.29, 0.717) is 52.1 Å². The van der Waals surface area contributed by atoms with Gasteiger partial charge in [0.2, 0.25) is 5.91 Å². The lowest BCUT2D eigenvalue weighted by atomic mass is 9.94. The molecular weight excluding hydrogens is 366 g/mol. The lowest BCUT2D eigenvalue weighted by molar-refractivity contribution is -0.126. The Balaban J connectivity index is 1.90. The van der Waals surface area contributed by atoms with E-state index in [-0.39, 0.29) is 12.5 Å². The zero-order chi connectivity index (χ0) is 20.5. The molecular formula is C19H37N3O6. The molecule has 0 unspecified atom stereocenters. The highest BCUT2D eigenvalue weighted by Gasteiger charge is 2.21. The van der Waals surface area contributed by atoms with Crippen LogP contribution in [0.5, 0.6) is 0 Å². The molecule has 28 heavy (non-hydrogen) atoms. The van der Waals surface area contributed by atoms with Crippen molar-refractivity contribution >= 4 is 5.91 Å². The first-order chi connectivity index (χ1) is 13.7. The Kier molecular flexibility index (Phi) is 14.6. The smallest absolute Gasteiger partial charge is 0.246 e. The van der Waals surface area contributed by atoms with Crippen molar-refractivity contribution < 1.29 is 28.8 Å². The largest absolute Gasteiger partial charge is 0.514 e. The Morgan fingerprint density at radius 1 is 1.07 bits per heavy atom. The Morgan fingerprint density at radius 3 is 2.43 bits per heavy atom. The summed E-state index contributed by atoms with van der Waals surface area (Å²) in [6.45, 7) is 6.42. The van der Waals surface area contributed by atoms with Gasteiger partial charge in [0.25, 0.3) is 0 Å². The lowest BCUT2D eigenvalue weighted by Gasteiger charge is -2.32. The van der Waals surface area contributed by atoms with E-state index in [1.165, 1.54) is 6.26 Å². The standard InChI is InChI=1S/C19H37N3O6/c1-20-18(15-23)17-3-6-22(7-4-17)8-10-27-13-14-28-16-19(24)21-5-9-26-12-11-25-2/h15,17,20,23H,3-14,16H2,1-2H3,(H,21,24)/b18-15+. The first-order valence-corrected chi connectivity index (χ1v) is 9.94. The van der Waals surface area contributed by atoms with E-state index in [1.54, 1.807) is 7.11 Å². The van der Waals surface area contributed by atoms with Gasteiger partial charge in [0.15, 0.2) is 0 Å². The minimum Gasteiger partial charge on any atom is -0.514 e. The number of rotatable bonds is 16. The fraction of sp³-hybridized carbons (Fsp3) is 0.842. The monoisotopic (exact) mass is 403 g/mol. The van der Waals surface area contributed by atoms with Gasteiger partial charge >= 0.3 is 0 Å². The van der Waals surface area contributed by atoms with Gasteiger partial charge in [0.05, 0.1) is 45.9 Å². The van der Waals surface area contributed by atoms with Crippen molar-refractivity contribution in [2.24, 2.45) is 5.92 Å². The fourth-order valence-corrected chi connectivity index (χ4v) is 2.98. The number of hydrogen-bond donors (Lipinski definition) is 3. The minimum absolute atomic E-state index is 0.0289. The van der Waals surface area contributed by atoms with Gasteiger partial charge in [-0.25, -0.2) is 0 Å². The maximum absolute atomic E-state index is 11.6. The third-order valence-corrected chi connectivity index (χ3v) is 4.61. The van der Waals surface area contributed by atoms with Crippen LogP contribution in [-0.2, 0) is 23.7 Å². The molecule has 0 radical (unpaired) electrons. The number of nitrogens with one attached hydrogen (secondary N) is 2. The number of hydrogen-bond acceptors (Lipinski definition) is 8. The average Bonchev–Trinajstić information content (AvgIpc) is 2.72. The Morgan fingerprint density at radius 2 is 1.75 bits per heavy atom. The molecule has 0 aromatic rings. The van der Waals surface area contributed by atoms with E-state index in [0.717, 1.165) is 38.2 Å². The third kappa shape index (κ3) is 11.5. The molecule has 164 valence electrons. The molecule has 0 saturated carbocycles. The number of carbonyl (C=O) groups is 1. The van der Waals surface area contributed by atoms with Crippen molar-refractivity contribution in [2.75, 3.05) is 86.6 Å². The van der Waals surface area contributed by atoms with Crippen LogP contribution in [0.3, 0.4) is 0 Å². The minimum atomic E-state index is -0.156. The highest BCUT2D eigenvalue weighted by Crippen LogP contribution is 2.22. The number of ether oxygens (including phenoxy) is 4. The van der Waals surface area contributed by atoms with Crippen LogP contribution in [0.1, 0.15) is 12.8 Å². The molecule has 1 heterocycles. The molecule has 1 saturated heterocycles. The third-order valence-electron chi connectivity index (χ3n) is 4.61. The van der Waals surface area contributed by atoms with E-state index in [2.05, 4.69) is 15.5 Å². The predicted octanol–water partition coefficient (Wildman–Crippen LogP) is 0.130. The summed E-state index contributed by atoms with van der Waals surface area (Å²) >= 11 is 0. The number of methoxy groups -OCH3 is 1. The molecule has 1 fully saturated rings. The van der Waals surface area contributed by atoms with Crippen LogP contribution in [0.15, 0.2) is 12.0 Å². The number of aliphatic hydroxyl groups excluding tert-OH is 1. The van der Waals surface area contributed by atoms with Crippen molar-refractivity contribution in [1.29, 1.82) is 0 Å². The van der Waals surface area contributed by atoms with Gasteiger partial charge in [-0.2, -0.15) is 0 Å². The molecule has 9 heteroatoms. The predicted molar refractivity (Wildman–Crippen MR) is 106 cm³/mol. The van der Waals surface area contributed by atoms with Crippen molar-refractivity contribution in [2.45, 2.75) is 12.8 Å². The maximum atomic E-state index is 11.6. The molecule has 0 aromatic carbocycles. The van der Waals surface area contributed by atoms with E-state index in [9.17, 15) is 9.90 Å². The maximum Gasteiger partial charge on any atom is 0.246 e. The van der Waals surface area contributed by atoms with E-state index < -0.39 is 0 Å². The zero-order valence-corrected chi connectivity index (χ0v) is 17.3. The molecule has 9 nitrogen and oxygen atoms in total. The highest BCUT2D eigenvalue weighted by atomic mass is 16.5. The topological polar surface area (TPSA) is 102 Å². The second-order valence-corrected chi connectivity index (χ2v) is 6.57. The summed E-state index contributed by atoms with van der Waals surface area (Å²) in [5.41, 5.74) is 0.913. The molecule has 1 aliphatic rings. The molecule has 3 N–H and O–H groups in total. The quantitative estimate of drug-likeness (QED) is 0.247. The molecule has 0 aromatic heterocycles. The molecule has 0 atom stereocenters. The second-order valence-electron chi connectivity index (χ2n) is 6.57. The van der Waals surface area contributed by atoms with Crippen LogP contribution in [0.2, 0.25) is 0 Å². The first-order valence-electron chi connectivity index (χ1n) is 9.94. The molecule has 1 rings (SSSR count). The van der Waals surface area contributed by atoms with E-state index in [1.807, 2.05) is 7.05 Å². The highest BCUT2D eigenvalue weighted by molar-refractivity contribution is 5.77. The summed E-state index contributed by atoms with van der Waals surface area (Å²) in [5.74, 6) is 0.250. The summed E-state index contributed by atoms with van der Waals surface area (Å²) in [5, 5.41) is 15.0. The fourth-order valence-electron chi connectivity index (χ4n) is 2.98. The molecule has 1 amide bonds. The number of carbonyl (C=O) groups excluding carboxylic acids is 1. The average molecular weight is 404 g/mol. The number of aliphatic hydroxyl groups is 1. The molecule has 1 aliphatic heterocycles. The van der Waals surface area contributed by atoms with E-state index >= 15 is 0 Å². The van der Waals surface area contributed by atoms with Crippen LogP contribution in [0.25, 0.3) is 0 Å². The van der Waals surface area contributed by atoms with Crippen molar-refractivity contribution in [3.05, 3.63) is 12.0 Å². The number of amides is 1. The normalized spacial score (nSPS) is 16.3. The second kappa shape index (κ2) is 16.6. The summed E-state index contributed by atoms with van der Waals surface area (Å²) in [6.07, 6.45) is 3.24. The lowest BCUT2D eigenvalue weighted by Crippen LogP contribution is -2.37. The molecule has 0 aliphatic carbocycles. The van der Waals surface area contributed by atoms with Crippen LogP contribution >= 0.6 is 0 Å². The van der Waals surface area contributed by atoms with Crippen molar-refractivity contribution in [1.82, 2.24) is 15.5 Å². The van der Waals surface area contributed by atoms with Gasteiger partial charge in [-0.15, -0.1) is 0 Å². The van der Waals surface area contributed by atoms with Crippen LogP contribution in [-0.4, -0.2) is 102 Å². The number of allylic oxidation sites excluding steroid dienone is 1. The van der Waals surface area contributed by atoms with Gasteiger partial charge < -0.3 is 39.6 Å². The number of piperidine rings is 1. The van der Waals surface area contributed by atoms with E-state index in [4.69, 9.17) is 18.9 Å². The Bertz CT molecular complexity index is 428. The summed E-state index contributed by atoms with van der Waals surface area (Å²) in [4.78, 5) is 13.9. The van der Waals surface area contributed by atoms with Crippen LogP contribution in [0, 0.1) is 5.92 Å². The Hall–Kier alpha value is -1.39. The molecule has 0 bridgehead atoms. The van der Waals surface area contributed by atoms with Gasteiger partial charge in [-0.05, 0) is 25.9 Å². The summed E-state index contributed by atoms with van der Waals surface area (Å²) in [7, 11) is 3.46. The SMILES string of the molecule is CN/C(=C/O)C1CCN(CCOCCOCC(=O)NCCOCCOC)CC1. The van der Waals surface area contributed by atoms with Crippen molar-refractivity contribution in [3.8, 4) is 0 Å². The number of likely N-dealkylation sites (tertiary alicyclic amines) is 1. The number of nitrogens with zero attached hydrogens (tertiary/aromatic N) is 1. The van der Waals surface area contributed by atoms with Gasteiger partial charge in [0.1, 0.15) is 6.61 Å². The summed E-state index contributed by atoms with van der Waals surface area (Å²) in [6, 6.07) is 0. The van der Waals surface area contributed by atoms with Gasteiger partial charge in [0, 0.05) is 38.9 Å². The zero-order valence-electron chi connectivity index (χ0n) is 17.3. The molecule has 0 spiro atoms. The Labute approximate surface area is 168 Å². The van der Waals surface area contributed by atoms with Crippen LogP contribution < -0.4 is 10.6 Å². The summed E-state index contributed by atoms with van der Waals surface area (Å²) < 4.78 is 21.0. The van der Waals surface area contributed by atoms with Gasteiger partial charge in [-0.1, -0.05) is 0 Å². The van der Waals surface area contributed by atoms with Gasteiger partial charge in [-0.3, -0.25) is 4.79 Å².